The molecule has 0 unspecified atom stereocenters. The topological polar surface area (TPSA) is 63.7 Å². The molecular weight excluding hydrogens is 248 g/mol. The van der Waals surface area contributed by atoms with Crippen LogP contribution in [0.1, 0.15) is 5.69 Å². The Morgan fingerprint density at radius 1 is 1.31 bits per heavy atom. The van der Waals surface area contributed by atoms with E-state index in [1.54, 1.807) is 12.1 Å². The van der Waals surface area contributed by atoms with Gasteiger partial charge >= 0.3 is 0 Å². The summed E-state index contributed by atoms with van der Waals surface area (Å²) in [6.45, 7) is 1.89. The Morgan fingerprint density at radius 2 is 2.12 bits per heavy atom. The number of aromatic nitrogens is 4. The molecule has 0 atom stereocenters. The molecule has 0 aliphatic rings. The molecule has 0 saturated carbocycles. The number of thioether (sulfide) groups is 1. The van der Waals surface area contributed by atoms with Gasteiger partial charge in [-0.05, 0) is 13.2 Å². The molecular formula is C9H9ClN4OS. The van der Waals surface area contributed by atoms with Gasteiger partial charge in [0.2, 0.25) is 11.8 Å². The second-order valence-electron chi connectivity index (χ2n) is 3.01. The Labute approximate surface area is 102 Å². The average molecular weight is 257 g/mol. The number of halogens is 1. The van der Waals surface area contributed by atoms with Gasteiger partial charge in [-0.2, -0.15) is 4.98 Å². The fourth-order valence-electron chi connectivity index (χ4n) is 1.07. The van der Waals surface area contributed by atoms with Crippen LogP contribution in [0, 0.1) is 6.92 Å². The maximum atomic E-state index is 5.83. The minimum atomic E-state index is 0.349. The first kappa shape index (κ1) is 11.2. The normalized spacial score (nSPS) is 10.4. The third-order valence-electron chi connectivity index (χ3n) is 1.73. The first-order valence-corrected chi connectivity index (χ1v) is 6.06. The van der Waals surface area contributed by atoms with E-state index >= 15 is 0 Å². The van der Waals surface area contributed by atoms with Crippen LogP contribution in [0.2, 0.25) is 5.15 Å². The van der Waals surface area contributed by atoms with E-state index in [1.807, 2.05) is 13.2 Å². The van der Waals surface area contributed by atoms with Crippen LogP contribution in [-0.4, -0.2) is 26.4 Å². The molecule has 0 aliphatic heterocycles. The van der Waals surface area contributed by atoms with E-state index in [9.17, 15) is 0 Å². The summed E-state index contributed by atoms with van der Waals surface area (Å²) >= 11 is 7.23. The highest BCUT2D eigenvalue weighted by Crippen LogP contribution is 2.22. The molecule has 2 aromatic heterocycles. The number of hydrogen-bond donors (Lipinski definition) is 1. The molecule has 0 fully saturated rings. The van der Waals surface area contributed by atoms with E-state index < -0.39 is 0 Å². The lowest BCUT2D eigenvalue weighted by molar-refractivity contribution is 0.437. The third kappa shape index (κ3) is 2.65. The summed E-state index contributed by atoms with van der Waals surface area (Å²) in [5, 5.41) is 7.63. The number of nitrogens with zero attached hydrogens (tertiary/aromatic N) is 3. The van der Waals surface area contributed by atoms with Crippen LogP contribution in [0.15, 0.2) is 17.3 Å². The van der Waals surface area contributed by atoms with Gasteiger partial charge in [0.1, 0.15) is 5.15 Å². The summed E-state index contributed by atoms with van der Waals surface area (Å²) in [6.07, 6.45) is 1.87. The van der Waals surface area contributed by atoms with Gasteiger partial charge in [-0.15, -0.1) is 5.10 Å². The van der Waals surface area contributed by atoms with Gasteiger partial charge in [0, 0.05) is 17.8 Å². The molecule has 2 rings (SSSR count). The van der Waals surface area contributed by atoms with Gasteiger partial charge in [0.25, 0.3) is 0 Å². The maximum Gasteiger partial charge on any atom is 0.240 e. The largest absolute Gasteiger partial charge is 0.419 e. The molecule has 0 aliphatic carbocycles. The van der Waals surface area contributed by atoms with E-state index in [4.69, 9.17) is 16.3 Å². The van der Waals surface area contributed by atoms with E-state index in [1.165, 1.54) is 11.8 Å². The number of ether oxygens (including phenoxy) is 1. The Morgan fingerprint density at radius 3 is 2.75 bits per heavy atom. The van der Waals surface area contributed by atoms with Crippen LogP contribution in [0.4, 0.5) is 0 Å². The number of aromatic amines is 1. The molecule has 7 heteroatoms. The van der Waals surface area contributed by atoms with Crippen molar-refractivity contribution >= 4 is 23.4 Å². The Balaban J connectivity index is 2.24. The lowest BCUT2D eigenvalue weighted by Gasteiger charge is -2.02. The van der Waals surface area contributed by atoms with Gasteiger partial charge in [-0.25, -0.2) is 4.98 Å². The second kappa shape index (κ2) is 4.71. The van der Waals surface area contributed by atoms with Crippen LogP contribution in [0.5, 0.6) is 11.8 Å². The monoisotopic (exact) mass is 256 g/mol. The van der Waals surface area contributed by atoms with E-state index in [0.717, 1.165) is 5.69 Å². The van der Waals surface area contributed by atoms with Crippen molar-refractivity contribution in [3.05, 3.63) is 23.0 Å². The predicted molar refractivity (Wildman–Crippen MR) is 62.2 cm³/mol. The fourth-order valence-corrected chi connectivity index (χ4v) is 1.67. The molecule has 2 heterocycles. The van der Waals surface area contributed by atoms with Gasteiger partial charge in [0.05, 0.1) is 0 Å². The highest BCUT2D eigenvalue weighted by molar-refractivity contribution is 7.98. The molecule has 1 N–H and O–H groups in total. The summed E-state index contributed by atoms with van der Waals surface area (Å²) < 4.78 is 5.43. The zero-order chi connectivity index (χ0) is 11.5. The lowest BCUT2D eigenvalue weighted by Crippen LogP contribution is -1.92. The maximum absolute atomic E-state index is 5.83. The summed E-state index contributed by atoms with van der Waals surface area (Å²) in [5.74, 6) is 0.843. The Bertz CT molecular complexity index is 502. The molecule has 2 aromatic rings. The van der Waals surface area contributed by atoms with Crippen LogP contribution < -0.4 is 4.74 Å². The number of hydrogen-bond acceptors (Lipinski definition) is 5. The fraction of sp³-hybridized carbons (Fsp3) is 0.222. The molecule has 0 aromatic carbocycles. The lowest BCUT2D eigenvalue weighted by atomic mass is 10.5. The molecule has 0 bridgehead atoms. The second-order valence-corrected chi connectivity index (χ2v) is 4.17. The van der Waals surface area contributed by atoms with Gasteiger partial charge in [-0.3, -0.25) is 5.10 Å². The summed E-state index contributed by atoms with van der Waals surface area (Å²) in [7, 11) is 0. The minimum absolute atomic E-state index is 0.349. The van der Waals surface area contributed by atoms with Crippen molar-refractivity contribution in [1.29, 1.82) is 0 Å². The van der Waals surface area contributed by atoms with E-state index in [0.29, 0.717) is 22.1 Å². The van der Waals surface area contributed by atoms with Crippen molar-refractivity contribution in [1.82, 2.24) is 20.2 Å². The number of rotatable bonds is 3. The van der Waals surface area contributed by atoms with Crippen LogP contribution in [0.25, 0.3) is 0 Å². The first-order valence-electron chi connectivity index (χ1n) is 4.46. The molecule has 0 saturated heterocycles. The molecule has 5 nitrogen and oxygen atoms in total. The van der Waals surface area contributed by atoms with E-state index in [-0.39, 0.29) is 0 Å². The van der Waals surface area contributed by atoms with Crippen LogP contribution in [0.3, 0.4) is 0 Å². The van der Waals surface area contributed by atoms with Crippen molar-refractivity contribution in [2.75, 3.05) is 6.26 Å². The zero-order valence-corrected chi connectivity index (χ0v) is 10.3. The van der Waals surface area contributed by atoms with Crippen molar-refractivity contribution in [3.63, 3.8) is 0 Å². The highest BCUT2D eigenvalue weighted by Gasteiger charge is 2.06. The van der Waals surface area contributed by atoms with Crippen molar-refractivity contribution < 1.29 is 4.74 Å². The first-order chi connectivity index (χ1) is 7.67. The third-order valence-corrected chi connectivity index (χ3v) is 2.47. The number of aryl methyl sites for hydroxylation is 1. The zero-order valence-electron chi connectivity index (χ0n) is 8.69. The summed E-state index contributed by atoms with van der Waals surface area (Å²) in [5.41, 5.74) is 0.917. The predicted octanol–water partition coefficient (Wildman–Crippen LogP) is 2.68. The van der Waals surface area contributed by atoms with E-state index in [2.05, 4.69) is 20.2 Å². The number of nitrogens with one attached hydrogen (secondary N) is 1. The van der Waals surface area contributed by atoms with Gasteiger partial charge in [0.15, 0.2) is 5.16 Å². The molecule has 0 spiro atoms. The summed E-state index contributed by atoms with van der Waals surface area (Å²) in [6, 6.07) is 3.32. The molecule has 16 heavy (non-hydrogen) atoms. The Hall–Kier alpha value is -1.27. The minimum Gasteiger partial charge on any atom is -0.419 e. The standard InChI is InChI=1S/C9H9ClN4OS/c1-5-3-8(14-13-5)15-7-4-6(10)11-9(12-7)16-2/h3-4H,1-2H3,(H,13,14). The smallest absolute Gasteiger partial charge is 0.240 e. The quantitative estimate of drug-likeness (QED) is 0.520. The average Bonchev–Trinajstić information content (AvgIpc) is 2.63. The SMILES string of the molecule is CSc1nc(Cl)cc(Oc2cc(C)[nH]n2)n1. The van der Waals surface area contributed by atoms with Crippen LogP contribution >= 0.6 is 23.4 Å². The Kier molecular flexibility index (Phi) is 3.31. The highest BCUT2D eigenvalue weighted by atomic mass is 35.5. The molecule has 0 amide bonds. The van der Waals surface area contributed by atoms with Crippen molar-refractivity contribution in [3.8, 4) is 11.8 Å². The number of H-pyrrole nitrogens is 1. The molecule has 84 valence electrons. The van der Waals surface area contributed by atoms with Gasteiger partial charge in [-0.1, -0.05) is 23.4 Å². The van der Waals surface area contributed by atoms with Crippen molar-refractivity contribution in [2.45, 2.75) is 12.1 Å². The summed E-state index contributed by atoms with van der Waals surface area (Å²) in [4.78, 5) is 8.16. The molecule has 0 radical (unpaired) electrons. The van der Waals surface area contributed by atoms with Crippen molar-refractivity contribution in [2.24, 2.45) is 0 Å². The van der Waals surface area contributed by atoms with Crippen LogP contribution in [-0.2, 0) is 0 Å². The van der Waals surface area contributed by atoms with Gasteiger partial charge < -0.3 is 4.74 Å².